The van der Waals surface area contributed by atoms with Crippen LogP contribution in [-0.2, 0) is 63.0 Å². The second kappa shape index (κ2) is 35.8. The van der Waals surface area contributed by atoms with E-state index in [0.29, 0.717) is 104 Å². The van der Waals surface area contributed by atoms with Crippen LogP contribution >= 0.6 is 0 Å². The monoisotopic (exact) mass is 930 g/mol. The Bertz CT molecular complexity index is 1580. The highest BCUT2D eigenvalue weighted by Gasteiger charge is 2.29. The van der Waals surface area contributed by atoms with Gasteiger partial charge in [-0.3, -0.25) is 38.7 Å². The summed E-state index contributed by atoms with van der Waals surface area (Å²) in [5.41, 5.74) is 2.30. The van der Waals surface area contributed by atoms with Crippen molar-refractivity contribution in [3.05, 3.63) is 41.7 Å². The lowest BCUT2D eigenvalue weighted by Gasteiger charge is -2.37. The number of carboxylic acid groups (broad SMARTS) is 2. The predicted octanol–water partition coefficient (Wildman–Crippen LogP) is -3.24. The molecule has 4 rings (SSSR count). The van der Waals surface area contributed by atoms with Crippen molar-refractivity contribution in [2.45, 2.75) is 50.4 Å². The third-order valence-corrected chi connectivity index (χ3v) is 9.73. The van der Waals surface area contributed by atoms with Crippen LogP contribution in [0.15, 0.2) is 30.5 Å². The van der Waals surface area contributed by atoms with Crippen LogP contribution in [0.25, 0.3) is 0 Å². The van der Waals surface area contributed by atoms with E-state index in [1.54, 1.807) is 39.9 Å². The van der Waals surface area contributed by atoms with Crippen molar-refractivity contribution in [1.82, 2.24) is 34.6 Å². The van der Waals surface area contributed by atoms with Crippen molar-refractivity contribution in [1.29, 1.82) is 0 Å². The van der Waals surface area contributed by atoms with E-state index in [9.17, 15) is 34.2 Å². The van der Waals surface area contributed by atoms with Crippen LogP contribution in [0.1, 0.15) is 24.1 Å². The van der Waals surface area contributed by atoms with E-state index in [1.807, 2.05) is 21.9 Å². The highest BCUT2D eigenvalue weighted by molar-refractivity contribution is 5.90. The molecule has 8 N–H and O–H groups in total. The Morgan fingerprint density at radius 1 is 0.785 bits per heavy atom. The Morgan fingerprint density at radius 2 is 1.34 bits per heavy atom. The molecule has 2 aromatic rings. The standard InChI is InChI=1S/C34H52N8O10.C5H10O4.2CH4O/c1-38-23-30(36-37-38)27-52-21-20-51-19-18-50-17-6-32(45)35-29-4-2-28(3-5-29)22-31-24-41(13-15-43)10-9-39(25-33(46)47)7-8-40(26-34(48)49)11-12-42(31)14-16-44;6-3-1-2-9-5(8)4(3)7;2*1-2/h2-5,15-16,23,31H,6-14,17-22,24-27H2,1H3,(H,35,45)(H,46,47)(H,48,49);3-8H,1-2H2;2*2H,1H3. The topological polar surface area (TPSA) is 320 Å². The number of hydrogen-bond acceptors (Lipinski definition) is 20. The summed E-state index contributed by atoms with van der Waals surface area (Å²) in [6, 6.07) is 7.17. The molecule has 65 heavy (non-hydrogen) atoms. The van der Waals surface area contributed by atoms with Crippen molar-refractivity contribution < 1.29 is 78.7 Å². The number of nitrogens with zero attached hydrogens (tertiary/aromatic N) is 7. The van der Waals surface area contributed by atoms with Gasteiger partial charge in [0.25, 0.3) is 0 Å². The Morgan fingerprint density at radius 3 is 1.86 bits per heavy atom. The Hall–Kier alpha value is -4.41. The quantitative estimate of drug-likeness (QED) is 0.0425. The number of benzene rings is 1. The number of aliphatic hydroxyl groups excluding tert-OH is 5. The van der Waals surface area contributed by atoms with Gasteiger partial charge in [-0.05, 0) is 30.5 Å². The molecule has 1 amide bonds. The summed E-state index contributed by atoms with van der Waals surface area (Å²) in [6.45, 7) is 4.93. The maximum Gasteiger partial charge on any atom is 0.317 e. The van der Waals surface area contributed by atoms with Crippen LogP contribution in [0.5, 0.6) is 0 Å². The number of carboxylic acids is 2. The smallest absolute Gasteiger partial charge is 0.317 e. The number of carbonyl (C=O) groups excluding carboxylic acids is 3. The second-order valence-corrected chi connectivity index (χ2v) is 14.5. The molecule has 0 radical (unpaired) electrons. The van der Waals surface area contributed by atoms with Crippen LogP contribution in [0.4, 0.5) is 5.69 Å². The van der Waals surface area contributed by atoms with Gasteiger partial charge in [-0.15, -0.1) is 5.10 Å². The Balaban J connectivity index is 0.00000141. The number of nitrogens with one attached hydrogen (secondary N) is 1. The molecule has 2 saturated heterocycles. The highest BCUT2D eigenvalue weighted by Crippen LogP contribution is 2.16. The first-order valence-corrected chi connectivity index (χ1v) is 21.1. The number of aliphatic hydroxyl groups is 5. The number of rotatable bonds is 22. The number of aliphatic carboxylic acids is 2. The van der Waals surface area contributed by atoms with Gasteiger partial charge in [-0.1, -0.05) is 17.3 Å². The molecule has 24 heteroatoms. The number of aldehydes is 2. The summed E-state index contributed by atoms with van der Waals surface area (Å²) in [7, 11) is 3.79. The molecule has 4 atom stereocenters. The largest absolute Gasteiger partial charge is 0.480 e. The summed E-state index contributed by atoms with van der Waals surface area (Å²) < 4.78 is 22.7. The second-order valence-electron chi connectivity index (χ2n) is 14.5. The number of amides is 1. The molecule has 24 nitrogen and oxygen atoms in total. The van der Waals surface area contributed by atoms with Crippen LogP contribution in [0.2, 0.25) is 0 Å². The molecule has 0 aliphatic carbocycles. The zero-order valence-electron chi connectivity index (χ0n) is 37.6. The lowest BCUT2D eigenvalue weighted by Crippen LogP contribution is -2.52. The van der Waals surface area contributed by atoms with E-state index in [0.717, 1.165) is 38.0 Å². The van der Waals surface area contributed by atoms with Crippen LogP contribution in [0.3, 0.4) is 0 Å². The minimum Gasteiger partial charge on any atom is -0.480 e. The lowest BCUT2D eigenvalue weighted by atomic mass is 10.0. The first kappa shape index (κ1) is 58.6. The van der Waals surface area contributed by atoms with Gasteiger partial charge in [-0.25, -0.2) is 0 Å². The van der Waals surface area contributed by atoms with Crippen LogP contribution in [-0.4, -0.2) is 251 Å². The van der Waals surface area contributed by atoms with E-state index >= 15 is 0 Å². The van der Waals surface area contributed by atoms with E-state index < -0.39 is 30.4 Å². The van der Waals surface area contributed by atoms with Crippen LogP contribution < -0.4 is 5.32 Å². The average Bonchev–Trinajstić information content (AvgIpc) is 3.71. The lowest BCUT2D eigenvalue weighted by molar-refractivity contribution is -0.219. The molecule has 370 valence electrons. The fourth-order valence-corrected chi connectivity index (χ4v) is 6.48. The predicted molar refractivity (Wildman–Crippen MR) is 233 cm³/mol. The van der Waals surface area contributed by atoms with Crippen molar-refractivity contribution in [2.75, 3.05) is 131 Å². The van der Waals surface area contributed by atoms with E-state index in [2.05, 4.69) is 20.4 Å². The zero-order chi connectivity index (χ0) is 48.4. The molecular formula is C41H70N8O16. The van der Waals surface area contributed by atoms with Gasteiger partial charge in [-0.2, -0.15) is 0 Å². The van der Waals surface area contributed by atoms with E-state index in [-0.39, 0.29) is 51.2 Å². The molecule has 3 heterocycles. The van der Waals surface area contributed by atoms with E-state index in [4.69, 9.17) is 39.7 Å². The molecule has 0 spiro atoms. The van der Waals surface area contributed by atoms with Crippen molar-refractivity contribution in [2.24, 2.45) is 7.05 Å². The minimum atomic E-state index is -1.21. The van der Waals surface area contributed by atoms with Crippen molar-refractivity contribution in [3.63, 3.8) is 0 Å². The fourth-order valence-electron chi connectivity index (χ4n) is 6.48. The van der Waals surface area contributed by atoms with Crippen molar-refractivity contribution >= 4 is 36.1 Å². The molecule has 2 aliphatic rings. The Labute approximate surface area is 379 Å². The number of anilines is 1. The molecular weight excluding hydrogens is 860 g/mol. The molecule has 1 aromatic heterocycles. The normalized spacial score (nSPS) is 20.2. The fraction of sp³-hybridized carbons (Fsp3) is 0.683. The maximum atomic E-state index is 12.5. The summed E-state index contributed by atoms with van der Waals surface area (Å²) in [4.78, 5) is 66.4. The molecule has 2 fully saturated rings. The average molecular weight is 931 g/mol. The molecule has 4 unspecified atom stereocenters. The summed E-state index contributed by atoms with van der Waals surface area (Å²) >= 11 is 0. The van der Waals surface area contributed by atoms with Crippen LogP contribution in [0, 0.1) is 0 Å². The first-order valence-electron chi connectivity index (χ1n) is 21.1. The van der Waals surface area contributed by atoms with Gasteiger partial charge >= 0.3 is 11.9 Å². The summed E-state index contributed by atoms with van der Waals surface area (Å²) in [5.74, 6) is -2.18. The number of hydrogen-bond donors (Lipinski definition) is 8. The minimum absolute atomic E-state index is 0.118. The molecule has 1 aromatic carbocycles. The number of carbonyl (C=O) groups is 5. The van der Waals surface area contributed by atoms with Gasteiger partial charge in [0.05, 0.1) is 91.1 Å². The van der Waals surface area contributed by atoms with Gasteiger partial charge in [0.15, 0.2) is 6.29 Å². The van der Waals surface area contributed by atoms with E-state index in [1.165, 1.54) is 0 Å². The van der Waals surface area contributed by atoms with Gasteiger partial charge in [0.1, 0.15) is 24.4 Å². The molecule has 0 saturated carbocycles. The van der Waals surface area contributed by atoms with Gasteiger partial charge in [0.2, 0.25) is 5.91 Å². The highest BCUT2D eigenvalue weighted by atomic mass is 16.6. The zero-order valence-corrected chi connectivity index (χ0v) is 37.6. The third-order valence-electron chi connectivity index (χ3n) is 9.73. The number of aromatic nitrogens is 3. The maximum absolute atomic E-state index is 12.5. The summed E-state index contributed by atoms with van der Waals surface area (Å²) in [6.07, 6.45) is 1.28. The third kappa shape index (κ3) is 26.4. The number of ether oxygens (including phenoxy) is 4. The van der Waals surface area contributed by atoms with Crippen molar-refractivity contribution in [3.8, 4) is 0 Å². The SMILES string of the molecule is CO.CO.Cn1cc(COCCOCCOCCC(=O)Nc2ccc(CC3CN(CC=O)CCN(CC(=O)O)CCN(CC(=O)O)CCN3CC=O)cc2)nn1.OC1CCOC(O)C1O. The summed E-state index contributed by atoms with van der Waals surface area (Å²) in [5, 5.41) is 70.0. The first-order chi connectivity index (χ1) is 31.4. The van der Waals surface area contributed by atoms with Gasteiger partial charge in [0, 0.05) is 78.8 Å². The molecule has 0 bridgehead atoms. The Kier molecular flexibility index (Phi) is 32.3. The van der Waals surface area contributed by atoms with Gasteiger partial charge < -0.3 is 69.6 Å². The molecule has 2 aliphatic heterocycles. The number of aryl methyl sites for hydroxylation is 1.